The molecule has 0 aromatic carbocycles. The van der Waals surface area contributed by atoms with E-state index in [1.54, 1.807) is 0 Å². The summed E-state index contributed by atoms with van der Waals surface area (Å²) in [4.78, 5) is 5.02. The van der Waals surface area contributed by atoms with E-state index in [1.165, 1.54) is 11.3 Å². The molecule has 23 heavy (non-hydrogen) atoms. The van der Waals surface area contributed by atoms with E-state index < -0.39 is 0 Å². The van der Waals surface area contributed by atoms with Crippen LogP contribution in [0.4, 0.5) is 5.13 Å². The molecule has 0 aliphatic rings. The molecule has 5 nitrogen and oxygen atoms in total. The van der Waals surface area contributed by atoms with Gasteiger partial charge in [0, 0.05) is 23.7 Å². The van der Waals surface area contributed by atoms with E-state index in [1.807, 2.05) is 55.5 Å². The maximum atomic E-state index is 9.09. The monoisotopic (exact) mass is 337 g/mol. The van der Waals surface area contributed by atoms with Crippen molar-refractivity contribution in [1.82, 2.24) is 4.90 Å². The number of nitrogens with one attached hydrogen (secondary N) is 1. The first kappa shape index (κ1) is 21.2. The Bertz CT molecular complexity index is 519. The molecular weight excluding hydrogens is 308 g/mol. The molecule has 0 aliphatic carbocycles. The van der Waals surface area contributed by atoms with Crippen LogP contribution >= 0.6 is 11.3 Å². The van der Waals surface area contributed by atoms with Gasteiger partial charge in [0.1, 0.15) is 5.70 Å². The Labute approximate surface area is 143 Å². The number of rotatable bonds is 8. The molecule has 128 valence electrons. The van der Waals surface area contributed by atoms with Crippen LogP contribution < -0.4 is 4.98 Å². The lowest BCUT2D eigenvalue weighted by Crippen LogP contribution is -2.31. The third kappa shape index (κ3) is 8.42. The number of aromatic amines is 1. The van der Waals surface area contributed by atoms with Crippen molar-refractivity contribution in [3.63, 3.8) is 0 Å². The number of aromatic nitrogens is 1. The van der Waals surface area contributed by atoms with Crippen LogP contribution in [-0.4, -0.2) is 29.2 Å². The van der Waals surface area contributed by atoms with Crippen molar-refractivity contribution in [2.75, 3.05) is 13.2 Å². The molecule has 2 N–H and O–H groups in total. The van der Waals surface area contributed by atoms with Crippen LogP contribution in [0.25, 0.3) is 0 Å². The molecule has 0 fully saturated rings. The van der Waals surface area contributed by atoms with E-state index in [0.29, 0.717) is 6.54 Å². The lowest BCUT2D eigenvalue weighted by molar-refractivity contribution is -0.356. The number of aliphatic hydroxyl groups is 1. The Morgan fingerprint density at radius 2 is 2.13 bits per heavy atom. The molecule has 0 bridgehead atoms. The fourth-order valence-corrected chi connectivity index (χ4v) is 2.19. The van der Waals surface area contributed by atoms with Crippen molar-refractivity contribution < 1.29 is 10.1 Å². The number of allylic oxidation sites excluding steroid dienone is 3. The maximum Gasteiger partial charge on any atom is 0.406 e. The molecule has 1 rings (SSSR count). The predicted octanol–water partition coefficient (Wildman–Crippen LogP) is 4.35. The second kappa shape index (κ2) is 12.7. The van der Waals surface area contributed by atoms with Gasteiger partial charge in [0.2, 0.25) is 0 Å². The third-order valence-corrected chi connectivity index (χ3v) is 3.48. The van der Waals surface area contributed by atoms with Crippen LogP contribution in [0.2, 0.25) is 0 Å². The number of aliphatic hydroxyl groups excluding tert-OH is 1. The minimum Gasteiger partial charge on any atom is -0.395 e. The first-order valence-corrected chi connectivity index (χ1v) is 8.74. The van der Waals surface area contributed by atoms with Crippen LogP contribution in [0.15, 0.2) is 58.0 Å². The van der Waals surface area contributed by atoms with Gasteiger partial charge in [-0.3, -0.25) is 0 Å². The summed E-state index contributed by atoms with van der Waals surface area (Å²) in [6.45, 7) is 14.8. The van der Waals surface area contributed by atoms with Crippen molar-refractivity contribution >= 4 is 16.5 Å². The van der Waals surface area contributed by atoms with Crippen LogP contribution in [0.1, 0.15) is 34.6 Å². The summed E-state index contributed by atoms with van der Waals surface area (Å²) in [5, 5.41) is 20.1. The van der Waals surface area contributed by atoms with Crippen molar-refractivity contribution in [3.05, 3.63) is 47.8 Å². The van der Waals surface area contributed by atoms with E-state index in [2.05, 4.69) is 35.6 Å². The van der Waals surface area contributed by atoms with Gasteiger partial charge >= 0.3 is 5.13 Å². The lowest BCUT2D eigenvalue weighted by Gasteiger charge is -2.28. The van der Waals surface area contributed by atoms with Gasteiger partial charge < -0.3 is 10.0 Å². The molecule has 0 amide bonds. The van der Waals surface area contributed by atoms with Crippen molar-refractivity contribution in [2.24, 2.45) is 10.2 Å². The van der Waals surface area contributed by atoms with Crippen molar-refractivity contribution in [2.45, 2.75) is 40.7 Å². The Hall–Kier alpha value is -1.79. The summed E-state index contributed by atoms with van der Waals surface area (Å²) < 4.78 is 0. The Balaban J connectivity index is 0.00000232. The second-order valence-corrected chi connectivity index (χ2v) is 5.51. The molecule has 1 aromatic rings. The average molecular weight is 338 g/mol. The van der Waals surface area contributed by atoms with Crippen molar-refractivity contribution in [3.8, 4) is 0 Å². The molecular formula is C17H29N4OS+. The predicted molar refractivity (Wildman–Crippen MR) is 97.7 cm³/mol. The van der Waals surface area contributed by atoms with Crippen LogP contribution in [0, 0.1) is 0 Å². The van der Waals surface area contributed by atoms with Gasteiger partial charge in [-0.2, -0.15) is 0 Å². The molecule has 0 atom stereocenters. The zero-order valence-corrected chi connectivity index (χ0v) is 15.6. The van der Waals surface area contributed by atoms with E-state index in [4.69, 9.17) is 5.11 Å². The van der Waals surface area contributed by atoms with Gasteiger partial charge in [-0.05, 0) is 49.4 Å². The molecule has 0 unspecified atom stereocenters. The highest BCUT2D eigenvalue weighted by molar-refractivity contribution is 7.12. The normalized spacial score (nSPS) is 11.9. The summed E-state index contributed by atoms with van der Waals surface area (Å²) in [6, 6.07) is 0.283. The fraction of sp³-hybridized carbons (Fsp3) is 0.471. The largest absolute Gasteiger partial charge is 0.406 e. The van der Waals surface area contributed by atoms with Gasteiger partial charge in [-0.25, -0.2) is 4.98 Å². The van der Waals surface area contributed by atoms with Crippen LogP contribution in [-0.2, 0) is 0 Å². The number of H-pyrrole nitrogens is 1. The minimum atomic E-state index is 0.107. The lowest BCUT2D eigenvalue weighted by atomic mass is 10.2. The quantitative estimate of drug-likeness (QED) is 0.566. The number of thiazole rings is 1. The SMILES string of the molecule is C=C(/C=C\C(=C/C)N=Nc1[nH+]ccs1)N(CCO)C(C)C.CC. The average Bonchev–Trinajstić information content (AvgIpc) is 3.07. The summed E-state index contributed by atoms with van der Waals surface area (Å²) >= 11 is 1.49. The zero-order valence-electron chi connectivity index (χ0n) is 14.8. The summed E-state index contributed by atoms with van der Waals surface area (Å²) in [6.07, 6.45) is 7.46. The molecule has 0 saturated carbocycles. The first-order chi connectivity index (χ1) is 11.1. The van der Waals surface area contributed by atoms with Crippen LogP contribution in [0.3, 0.4) is 0 Å². The standard InChI is InChI=1S/C15H22N4OS.C2H6/c1-5-14(17-18-15-16-8-11-21-15)7-6-13(4)19(9-10-20)12(2)3;1-2/h5-8,11-12,20H,4,9-10H2,1-3H3;1-2H3/p+1/b7-6-,14-5+,18-17?;. The summed E-state index contributed by atoms with van der Waals surface area (Å²) in [7, 11) is 0. The van der Waals surface area contributed by atoms with Gasteiger partial charge in [-0.1, -0.05) is 26.5 Å². The third-order valence-electron chi connectivity index (χ3n) is 2.79. The minimum absolute atomic E-state index is 0.107. The second-order valence-electron chi connectivity index (χ2n) is 4.62. The Kier molecular flexibility index (Phi) is 11.7. The van der Waals surface area contributed by atoms with Crippen molar-refractivity contribution in [1.29, 1.82) is 0 Å². The van der Waals surface area contributed by atoms with Gasteiger partial charge in [0.15, 0.2) is 0 Å². The van der Waals surface area contributed by atoms with Gasteiger partial charge in [-0.15, -0.1) is 0 Å². The highest BCUT2D eigenvalue weighted by Gasteiger charge is 2.08. The molecule has 1 aromatic heterocycles. The van der Waals surface area contributed by atoms with Gasteiger partial charge in [0.05, 0.1) is 17.9 Å². The van der Waals surface area contributed by atoms with E-state index in [0.717, 1.165) is 16.5 Å². The smallest absolute Gasteiger partial charge is 0.395 e. The first-order valence-electron chi connectivity index (χ1n) is 7.86. The van der Waals surface area contributed by atoms with E-state index in [-0.39, 0.29) is 12.6 Å². The fourth-order valence-electron chi connectivity index (χ4n) is 1.70. The maximum absolute atomic E-state index is 9.09. The highest BCUT2D eigenvalue weighted by Crippen LogP contribution is 2.14. The molecule has 0 saturated heterocycles. The number of hydrogen-bond acceptors (Lipinski definition) is 5. The van der Waals surface area contributed by atoms with Gasteiger partial charge in [0.25, 0.3) is 0 Å². The molecule has 6 heteroatoms. The topological polar surface area (TPSA) is 62.3 Å². The molecule has 0 radical (unpaired) electrons. The number of hydrogen-bond donors (Lipinski definition) is 1. The molecule has 0 spiro atoms. The van der Waals surface area contributed by atoms with E-state index >= 15 is 0 Å². The highest BCUT2D eigenvalue weighted by atomic mass is 32.1. The Morgan fingerprint density at radius 1 is 1.43 bits per heavy atom. The van der Waals surface area contributed by atoms with Crippen LogP contribution in [0.5, 0.6) is 0 Å². The summed E-state index contributed by atoms with van der Waals surface area (Å²) in [5.41, 5.74) is 1.60. The van der Waals surface area contributed by atoms with E-state index in [9.17, 15) is 0 Å². The molecule has 1 heterocycles. The Morgan fingerprint density at radius 3 is 2.61 bits per heavy atom. The molecule has 0 aliphatic heterocycles. The number of nitrogens with zero attached hydrogens (tertiary/aromatic N) is 3. The zero-order chi connectivity index (χ0) is 17.7. The summed E-state index contributed by atoms with van der Waals surface area (Å²) in [5.74, 6) is 0. The number of azo groups is 1.